The smallest absolute Gasteiger partial charge is 0.230 e. The van der Waals surface area contributed by atoms with Crippen molar-refractivity contribution in [2.45, 2.75) is 64.3 Å². The number of nitrogens with one attached hydrogen (secondary N) is 1. The van der Waals surface area contributed by atoms with Gasteiger partial charge < -0.3 is 9.73 Å². The van der Waals surface area contributed by atoms with E-state index in [1.807, 2.05) is 26.8 Å². The Bertz CT molecular complexity index is 1310. The van der Waals surface area contributed by atoms with E-state index in [9.17, 15) is 13.2 Å². The first-order chi connectivity index (χ1) is 15.1. The van der Waals surface area contributed by atoms with Gasteiger partial charge in [0, 0.05) is 22.4 Å². The van der Waals surface area contributed by atoms with Crippen LogP contribution < -0.4 is 5.32 Å². The van der Waals surface area contributed by atoms with Gasteiger partial charge in [-0.25, -0.2) is 13.1 Å². The number of hydrogen-bond donors (Lipinski definition) is 1. The van der Waals surface area contributed by atoms with E-state index in [1.165, 1.54) is 11.1 Å². The summed E-state index contributed by atoms with van der Waals surface area (Å²) in [5, 5.41) is 8.67. The highest BCUT2D eigenvalue weighted by Crippen LogP contribution is 2.32. The van der Waals surface area contributed by atoms with Gasteiger partial charge >= 0.3 is 0 Å². The number of aromatic nitrogens is 2. The highest BCUT2D eigenvalue weighted by molar-refractivity contribution is 7.91. The molecule has 1 atom stereocenters. The van der Waals surface area contributed by atoms with Crippen LogP contribution in [0.1, 0.15) is 62.0 Å². The molecule has 1 aliphatic carbocycles. The predicted molar refractivity (Wildman–Crippen MR) is 124 cm³/mol. The molecular formula is C24H29N3O4S. The van der Waals surface area contributed by atoms with Gasteiger partial charge in [0.05, 0.1) is 35.9 Å². The molecule has 0 spiro atoms. The molecule has 1 aliphatic heterocycles. The summed E-state index contributed by atoms with van der Waals surface area (Å²) in [6.07, 6.45) is 5.67. The van der Waals surface area contributed by atoms with E-state index in [1.54, 1.807) is 10.9 Å². The number of carbonyl (C=O) groups is 1. The maximum atomic E-state index is 13.0. The minimum Gasteiger partial charge on any atom is -0.464 e. The lowest BCUT2D eigenvalue weighted by molar-refractivity contribution is -0.115. The number of fused-ring (bicyclic) bond motifs is 2. The predicted octanol–water partition coefficient (Wildman–Crippen LogP) is 3.96. The topological polar surface area (TPSA) is 94.2 Å². The maximum Gasteiger partial charge on any atom is 0.230 e. The van der Waals surface area contributed by atoms with E-state index >= 15 is 0 Å². The third-order valence-electron chi connectivity index (χ3n) is 6.55. The van der Waals surface area contributed by atoms with Crippen LogP contribution in [0.25, 0.3) is 11.0 Å². The Hall–Kier alpha value is -2.61. The molecule has 1 amide bonds. The molecule has 32 heavy (non-hydrogen) atoms. The van der Waals surface area contributed by atoms with Crippen molar-refractivity contribution in [3.63, 3.8) is 0 Å². The zero-order valence-electron chi connectivity index (χ0n) is 18.8. The summed E-state index contributed by atoms with van der Waals surface area (Å²) in [5.74, 6) is 0.589. The second-order valence-corrected chi connectivity index (χ2v) is 12.4. The average Bonchev–Trinajstić information content (AvgIpc) is 3.46. The summed E-state index contributed by atoms with van der Waals surface area (Å²) in [4.78, 5) is 13.0. The van der Waals surface area contributed by atoms with Gasteiger partial charge in [0.2, 0.25) is 5.91 Å². The number of nitrogens with zero attached hydrogens (tertiary/aromatic N) is 2. The van der Waals surface area contributed by atoms with E-state index in [2.05, 4.69) is 22.5 Å². The van der Waals surface area contributed by atoms with Crippen LogP contribution in [0.3, 0.4) is 0 Å². The van der Waals surface area contributed by atoms with Crippen LogP contribution in [0.5, 0.6) is 0 Å². The van der Waals surface area contributed by atoms with E-state index in [0.717, 1.165) is 41.5 Å². The number of sulfone groups is 1. The average molecular weight is 456 g/mol. The van der Waals surface area contributed by atoms with Gasteiger partial charge in [0.1, 0.15) is 11.4 Å². The van der Waals surface area contributed by atoms with Gasteiger partial charge in [-0.1, -0.05) is 20.8 Å². The van der Waals surface area contributed by atoms with E-state index in [0.29, 0.717) is 12.2 Å². The van der Waals surface area contributed by atoms with Crippen LogP contribution in [0.15, 0.2) is 28.9 Å². The molecule has 1 saturated heterocycles. The van der Waals surface area contributed by atoms with Gasteiger partial charge in [0.25, 0.3) is 0 Å². The van der Waals surface area contributed by atoms with E-state index < -0.39 is 9.84 Å². The van der Waals surface area contributed by atoms with Crippen LogP contribution >= 0.6 is 0 Å². The van der Waals surface area contributed by atoms with Crippen molar-refractivity contribution in [2.24, 2.45) is 0 Å². The fourth-order valence-corrected chi connectivity index (χ4v) is 6.44. The molecule has 0 unspecified atom stereocenters. The second-order valence-electron chi connectivity index (χ2n) is 10.1. The molecule has 5 rings (SSSR count). The molecule has 1 aromatic carbocycles. The van der Waals surface area contributed by atoms with E-state index in [-0.39, 0.29) is 35.3 Å². The van der Waals surface area contributed by atoms with Crippen LogP contribution in [0, 0.1) is 0 Å². The third kappa shape index (κ3) is 3.96. The number of anilines is 1. The number of amides is 1. The number of aryl methyl sites for hydroxylation is 2. The van der Waals surface area contributed by atoms with Crippen molar-refractivity contribution in [3.8, 4) is 0 Å². The highest BCUT2D eigenvalue weighted by Gasteiger charge is 2.33. The molecule has 2 aliphatic rings. The van der Waals surface area contributed by atoms with Crippen molar-refractivity contribution >= 4 is 32.5 Å². The van der Waals surface area contributed by atoms with Gasteiger partial charge in [-0.05, 0) is 48.9 Å². The molecule has 0 saturated carbocycles. The first-order valence-electron chi connectivity index (χ1n) is 11.2. The molecule has 170 valence electrons. The molecule has 7 nitrogen and oxygen atoms in total. The standard InChI is InChI=1S/C24H29N3O4S/c1-24(2,3)21-12-22(27(26-21)18-7-8-32(29,30)14-18)25-23(28)11-17-13-31-20-10-16-6-4-5-15(16)9-19(17)20/h9-10,12-13,18H,4-8,11,14H2,1-3H3,(H,25,28)/t18-/m1/s1. The lowest BCUT2D eigenvalue weighted by Crippen LogP contribution is -2.21. The fraction of sp³-hybridized carbons (Fsp3) is 0.500. The van der Waals surface area contributed by atoms with Crippen LogP contribution in [0.4, 0.5) is 5.82 Å². The zero-order chi connectivity index (χ0) is 22.7. The normalized spacial score (nSPS) is 20.0. The first-order valence-corrected chi connectivity index (χ1v) is 13.0. The summed E-state index contributed by atoms with van der Waals surface area (Å²) in [6, 6.07) is 5.87. The lowest BCUT2D eigenvalue weighted by atomic mass is 9.92. The molecular weight excluding hydrogens is 426 g/mol. The van der Waals surface area contributed by atoms with E-state index in [4.69, 9.17) is 4.42 Å². The minimum absolute atomic E-state index is 0.0542. The van der Waals surface area contributed by atoms with Crippen molar-refractivity contribution in [1.29, 1.82) is 0 Å². The summed E-state index contributed by atoms with van der Waals surface area (Å²) in [5.41, 5.74) is 4.97. The first kappa shape index (κ1) is 21.2. The Morgan fingerprint density at radius 3 is 2.66 bits per heavy atom. The number of hydrogen-bond acceptors (Lipinski definition) is 5. The van der Waals surface area contributed by atoms with Crippen LogP contribution in [-0.2, 0) is 39.3 Å². The van der Waals surface area contributed by atoms with Crippen LogP contribution in [-0.4, -0.2) is 35.6 Å². The zero-order valence-corrected chi connectivity index (χ0v) is 19.6. The van der Waals surface area contributed by atoms with Crippen molar-refractivity contribution < 1.29 is 17.6 Å². The van der Waals surface area contributed by atoms with Crippen molar-refractivity contribution in [2.75, 3.05) is 16.8 Å². The van der Waals surface area contributed by atoms with Gasteiger partial charge in [-0.15, -0.1) is 0 Å². The number of carbonyl (C=O) groups excluding carboxylic acids is 1. The largest absolute Gasteiger partial charge is 0.464 e. The highest BCUT2D eigenvalue weighted by atomic mass is 32.2. The number of rotatable bonds is 4. The van der Waals surface area contributed by atoms with Crippen molar-refractivity contribution in [1.82, 2.24) is 9.78 Å². The van der Waals surface area contributed by atoms with Crippen molar-refractivity contribution in [3.05, 3.63) is 46.8 Å². The van der Waals surface area contributed by atoms with Gasteiger partial charge in [0.15, 0.2) is 9.84 Å². The SMILES string of the molecule is CC(C)(C)c1cc(NC(=O)Cc2coc3cc4c(cc23)CCC4)n([C@@H]2CCS(=O)(=O)C2)n1. The lowest BCUT2D eigenvalue weighted by Gasteiger charge is -2.15. The summed E-state index contributed by atoms with van der Waals surface area (Å²) in [7, 11) is -3.07. The second kappa shape index (κ2) is 7.47. The monoisotopic (exact) mass is 455 g/mol. The Morgan fingerprint density at radius 2 is 1.97 bits per heavy atom. The number of benzene rings is 1. The molecule has 1 N–H and O–H groups in total. The maximum absolute atomic E-state index is 13.0. The molecule has 8 heteroatoms. The fourth-order valence-electron chi connectivity index (χ4n) is 4.75. The Labute approximate surface area is 188 Å². The Morgan fingerprint density at radius 1 is 1.22 bits per heavy atom. The Kier molecular flexibility index (Phi) is 4.96. The quantitative estimate of drug-likeness (QED) is 0.643. The molecule has 2 aromatic heterocycles. The molecule has 1 fully saturated rings. The summed E-state index contributed by atoms with van der Waals surface area (Å²) >= 11 is 0. The van der Waals surface area contributed by atoms with Gasteiger partial charge in [-0.2, -0.15) is 5.10 Å². The molecule has 3 heterocycles. The van der Waals surface area contributed by atoms with Gasteiger partial charge in [-0.3, -0.25) is 4.79 Å². The summed E-state index contributed by atoms with van der Waals surface area (Å²) in [6.45, 7) is 6.15. The third-order valence-corrected chi connectivity index (χ3v) is 8.30. The Balaban J connectivity index is 1.40. The van der Waals surface area contributed by atoms with Crippen LogP contribution in [0.2, 0.25) is 0 Å². The minimum atomic E-state index is -3.07. The molecule has 3 aromatic rings. The number of furan rings is 1. The molecule has 0 radical (unpaired) electrons. The molecule has 0 bridgehead atoms. The summed E-state index contributed by atoms with van der Waals surface area (Å²) < 4.78 is 31.5.